The second-order valence-corrected chi connectivity index (χ2v) is 14.7. The second kappa shape index (κ2) is 23.9. The molecule has 0 radical (unpaired) electrons. The summed E-state index contributed by atoms with van der Waals surface area (Å²) in [4.78, 5) is 80.5. The fourth-order valence-electron chi connectivity index (χ4n) is 5.99. The Balaban J connectivity index is 2.28. The second-order valence-electron chi connectivity index (χ2n) is 14.7. The fraction of sp³-hybridized carbons (Fsp3) is 0.561. The van der Waals surface area contributed by atoms with Gasteiger partial charge in [-0.25, -0.2) is 4.79 Å². The Bertz CT molecular complexity index is 1530. The molecule has 0 aliphatic heterocycles. The van der Waals surface area contributed by atoms with Crippen LogP contribution in [0.15, 0.2) is 60.7 Å². The molecule has 304 valence electrons. The van der Waals surface area contributed by atoms with Crippen molar-refractivity contribution in [3.63, 3.8) is 0 Å². The van der Waals surface area contributed by atoms with Crippen molar-refractivity contribution in [2.75, 3.05) is 6.54 Å². The number of hydrogen-bond donors (Lipinski definition) is 8. The van der Waals surface area contributed by atoms with Gasteiger partial charge in [0.25, 0.3) is 0 Å². The number of carbonyl (C=O) groups excluding carboxylic acids is 5. The van der Waals surface area contributed by atoms with Crippen molar-refractivity contribution in [2.45, 2.75) is 123 Å². The quantitative estimate of drug-likeness (QED) is 0.0731. The van der Waals surface area contributed by atoms with Gasteiger partial charge in [-0.15, -0.1) is 0 Å². The number of carboxylic acids is 1. The number of nitrogens with one attached hydrogen (secondary N) is 5. The number of carboxylic acid groups (broad SMARTS) is 1. The number of rotatable bonds is 24. The average Bonchev–Trinajstić information content (AvgIpc) is 3.16. The van der Waals surface area contributed by atoms with Gasteiger partial charge >= 0.3 is 5.97 Å². The van der Waals surface area contributed by atoms with Crippen molar-refractivity contribution in [1.29, 1.82) is 0 Å². The summed E-state index contributed by atoms with van der Waals surface area (Å²) in [6.45, 7) is 11.2. The maximum absolute atomic E-state index is 14.0. The van der Waals surface area contributed by atoms with Crippen molar-refractivity contribution < 1.29 is 33.9 Å². The predicted octanol–water partition coefficient (Wildman–Crippen LogP) is 2.18. The summed E-state index contributed by atoms with van der Waals surface area (Å²) in [6.07, 6.45) is 2.64. The number of benzene rings is 2. The Morgan fingerprint density at radius 3 is 1.49 bits per heavy atom. The van der Waals surface area contributed by atoms with Crippen molar-refractivity contribution in [1.82, 2.24) is 26.6 Å². The number of aliphatic carboxylic acids is 1. The number of hydrogen-bond acceptors (Lipinski definition) is 8. The molecule has 14 nitrogen and oxygen atoms in total. The minimum absolute atomic E-state index is 0.0666. The topological polar surface area (TPSA) is 235 Å². The largest absolute Gasteiger partial charge is 0.480 e. The summed E-state index contributed by atoms with van der Waals surface area (Å²) in [5, 5.41) is 23.5. The van der Waals surface area contributed by atoms with Gasteiger partial charge in [0.1, 0.15) is 30.2 Å². The lowest BCUT2D eigenvalue weighted by Gasteiger charge is -2.31. The molecule has 14 heteroatoms. The molecule has 55 heavy (non-hydrogen) atoms. The van der Waals surface area contributed by atoms with E-state index in [2.05, 4.69) is 26.6 Å². The van der Waals surface area contributed by atoms with Crippen LogP contribution < -0.4 is 38.1 Å². The molecular formula is C41H63N7O7. The van der Waals surface area contributed by atoms with Gasteiger partial charge in [0.2, 0.25) is 29.5 Å². The standard InChI is InChI=1S/C41H63N7O7/c1-7-26(5)34(39(52)45-32(24-29-19-13-10-14-20-29)37(50)44-31(41(54)55)21-15-16-22-42)48-38(51)33(25(3)4)46-40(53)35(27(6)8-2)47-36(49)30(43)23-28-17-11-9-12-18-28/h9-14,17-20,25-27,30-35H,7-8,15-16,21-24,42-43H2,1-6H3,(H,44,50)(H,45,52)(H,46,53)(H,47,49)(H,48,51)(H,54,55)/t26-,27-,30-,31-,32-,33-,34-,35-/m0/s1. The van der Waals surface area contributed by atoms with E-state index in [1.54, 1.807) is 45.0 Å². The molecule has 5 amide bonds. The van der Waals surface area contributed by atoms with Gasteiger partial charge < -0.3 is 43.2 Å². The molecule has 0 aromatic heterocycles. The van der Waals surface area contributed by atoms with Gasteiger partial charge in [0.05, 0.1) is 6.04 Å². The zero-order valence-electron chi connectivity index (χ0n) is 33.2. The summed E-state index contributed by atoms with van der Waals surface area (Å²) >= 11 is 0. The predicted molar refractivity (Wildman–Crippen MR) is 212 cm³/mol. The number of unbranched alkanes of at least 4 members (excludes halogenated alkanes) is 1. The summed E-state index contributed by atoms with van der Waals surface area (Å²) < 4.78 is 0. The third-order valence-electron chi connectivity index (χ3n) is 9.95. The van der Waals surface area contributed by atoms with Crippen LogP contribution in [0.2, 0.25) is 0 Å². The summed E-state index contributed by atoms with van der Waals surface area (Å²) in [5.41, 5.74) is 13.4. The number of carbonyl (C=O) groups is 6. The maximum atomic E-state index is 14.0. The van der Waals surface area contributed by atoms with Crippen LogP contribution in [0, 0.1) is 17.8 Å². The highest BCUT2D eigenvalue weighted by Crippen LogP contribution is 2.15. The maximum Gasteiger partial charge on any atom is 0.326 e. The van der Waals surface area contributed by atoms with E-state index in [4.69, 9.17) is 11.5 Å². The number of amides is 5. The molecule has 0 aliphatic rings. The normalized spacial score (nSPS) is 15.6. The minimum Gasteiger partial charge on any atom is -0.480 e. The molecule has 2 aromatic carbocycles. The average molecular weight is 766 g/mol. The lowest BCUT2D eigenvalue weighted by atomic mass is 9.94. The van der Waals surface area contributed by atoms with E-state index in [1.165, 1.54) is 0 Å². The Morgan fingerprint density at radius 1 is 0.582 bits per heavy atom. The first-order valence-electron chi connectivity index (χ1n) is 19.4. The third-order valence-corrected chi connectivity index (χ3v) is 9.95. The molecular weight excluding hydrogens is 702 g/mol. The van der Waals surface area contributed by atoms with E-state index in [0.29, 0.717) is 32.2 Å². The van der Waals surface area contributed by atoms with Crippen molar-refractivity contribution >= 4 is 35.5 Å². The smallest absolute Gasteiger partial charge is 0.326 e. The van der Waals surface area contributed by atoms with E-state index in [-0.39, 0.29) is 25.2 Å². The van der Waals surface area contributed by atoms with Gasteiger partial charge in [-0.1, -0.05) is 115 Å². The van der Waals surface area contributed by atoms with Gasteiger partial charge in [-0.3, -0.25) is 24.0 Å². The monoisotopic (exact) mass is 765 g/mol. The van der Waals surface area contributed by atoms with Crippen LogP contribution in [0.25, 0.3) is 0 Å². The highest BCUT2D eigenvalue weighted by Gasteiger charge is 2.36. The molecule has 10 N–H and O–H groups in total. The molecule has 0 aliphatic carbocycles. The molecule has 8 atom stereocenters. The van der Waals surface area contributed by atoms with Crippen molar-refractivity contribution in [3.8, 4) is 0 Å². The van der Waals surface area contributed by atoms with Crippen LogP contribution in [0.1, 0.15) is 84.8 Å². The van der Waals surface area contributed by atoms with Crippen LogP contribution >= 0.6 is 0 Å². The Morgan fingerprint density at radius 2 is 1.02 bits per heavy atom. The summed E-state index contributed by atoms with van der Waals surface area (Å²) in [7, 11) is 0. The first-order chi connectivity index (χ1) is 26.1. The first kappa shape index (κ1) is 46.3. The lowest BCUT2D eigenvalue weighted by molar-refractivity contribution is -0.142. The van der Waals surface area contributed by atoms with Crippen molar-refractivity contribution in [3.05, 3.63) is 71.8 Å². The zero-order valence-corrected chi connectivity index (χ0v) is 33.2. The lowest BCUT2D eigenvalue weighted by Crippen LogP contribution is -2.62. The Hall–Kier alpha value is -4.82. The molecule has 0 fully saturated rings. The van der Waals surface area contributed by atoms with Crippen LogP contribution in [0.4, 0.5) is 0 Å². The summed E-state index contributed by atoms with van der Waals surface area (Å²) in [5.74, 6) is -5.30. The number of nitrogens with two attached hydrogens (primary N) is 2. The van der Waals surface area contributed by atoms with Crippen LogP contribution in [0.3, 0.4) is 0 Å². The van der Waals surface area contributed by atoms with Gasteiger partial charge in [-0.2, -0.15) is 0 Å². The Kier molecular flexibility index (Phi) is 20.1. The first-order valence-corrected chi connectivity index (χ1v) is 19.4. The fourth-order valence-corrected chi connectivity index (χ4v) is 5.99. The van der Waals surface area contributed by atoms with Crippen molar-refractivity contribution in [2.24, 2.45) is 29.2 Å². The molecule has 2 aromatic rings. The van der Waals surface area contributed by atoms with E-state index in [1.807, 2.05) is 57.2 Å². The molecule has 2 rings (SSSR count). The van der Waals surface area contributed by atoms with Crippen LogP contribution in [-0.4, -0.2) is 83.4 Å². The summed E-state index contributed by atoms with van der Waals surface area (Å²) in [6, 6.07) is 11.9. The molecule has 0 spiro atoms. The molecule has 0 heterocycles. The van der Waals surface area contributed by atoms with Crippen LogP contribution in [-0.2, 0) is 41.6 Å². The SMILES string of the molecule is CC[C@H](C)[C@H](NC(=O)[C@@H](NC(=O)[C@@H](NC(=O)[C@@H](N)Cc1ccccc1)[C@@H](C)CC)C(C)C)C(=O)N[C@@H](Cc1ccccc1)C(=O)N[C@@H](CCCCN)C(=O)O. The Labute approximate surface area is 325 Å². The van der Waals surface area contributed by atoms with E-state index < -0.39 is 83.6 Å². The minimum atomic E-state index is -1.20. The third kappa shape index (κ3) is 15.4. The highest BCUT2D eigenvalue weighted by molar-refractivity contribution is 5.96. The molecule has 0 saturated heterocycles. The van der Waals surface area contributed by atoms with Gasteiger partial charge in [0, 0.05) is 6.42 Å². The molecule has 0 unspecified atom stereocenters. The van der Waals surface area contributed by atoms with Gasteiger partial charge in [-0.05, 0) is 61.1 Å². The molecule has 0 saturated carbocycles. The van der Waals surface area contributed by atoms with Crippen LogP contribution in [0.5, 0.6) is 0 Å². The van der Waals surface area contributed by atoms with E-state index in [9.17, 15) is 33.9 Å². The highest BCUT2D eigenvalue weighted by atomic mass is 16.4. The van der Waals surface area contributed by atoms with E-state index in [0.717, 1.165) is 11.1 Å². The zero-order chi connectivity index (χ0) is 41.1. The molecule has 0 bridgehead atoms. The van der Waals surface area contributed by atoms with E-state index >= 15 is 0 Å². The van der Waals surface area contributed by atoms with Gasteiger partial charge in [0.15, 0.2) is 0 Å².